The Morgan fingerprint density at radius 1 is 0.357 bits per heavy atom. The van der Waals surface area contributed by atoms with Crippen LogP contribution in [0.2, 0.25) is 0 Å². The average molecular weight is 547 g/mol. The molecule has 0 fully saturated rings. The van der Waals surface area contributed by atoms with Crippen LogP contribution in [0.4, 0.5) is 0 Å². The number of hydrogen-bond donors (Lipinski definition) is 0. The van der Waals surface area contributed by atoms with E-state index in [0.29, 0.717) is 0 Å². The van der Waals surface area contributed by atoms with Crippen LogP contribution in [-0.4, -0.2) is 0 Å². The van der Waals surface area contributed by atoms with Crippen LogP contribution < -0.4 is 0 Å². The van der Waals surface area contributed by atoms with Crippen molar-refractivity contribution in [2.75, 3.05) is 0 Å². The molecule has 9 rings (SSSR count). The lowest BCUT2D eigenvalue weighted by Gasteiger charge is -1.93. The highest BCUT2D eigenvalue weighted by Gasteiger charge is 2.08. The smallest absolute Gasteiger partial charge is 0.138 e. The second kappa shape index (κ2) is 10.6. The summed E-state index contributed by atoms with van der Waals surface area (Å²) in [4.78, 5) is 0. The van der Waals surface area contributed by atoms with E-state index in [0.717, 1.165) is 33.5 Å². The van der Waals surface area contributed by atoms with Gasteiger partial charge in [0.1, 0.15) is 33.5 Å². The van der Waals surface area contributed by atoms with Gasteiger partial charge in [0.05, 0.1) is 0 Å². The van der Waals surface area contributed by atoms with Gasteiger partial charge in [0.15, 0.2) is 0 Å². The van der Waals surface area contributed by atoms with E-state index < -0.39 is 0 Å². The molecular formula is C39H30O3. The van der Waals surface area contributed by atoms with Gasteiger partial charge in [0, 0.05) is 32.3 Å². The summed E-state index contributed by atoms with van der Waals surface area (Å²) in [6, 6.07) is 43.1. The first-order valence-electron chi connectivity index (χ1n) is 14.2. The minimum absolute atomic E-state index is 0.966. The van der Waals surface area contributed by atoms with Gasteiger partial charge in [-0.05, 0) is 68.3 Å². The van der Waals surface area contributed by atoms with Gasteiger partial charge < -0.3 is 13.3 Å². The molecule has 0 aliphatic heterocycles. The van der Waals surface area contributed by atoms with E-state index in [1.807, 2.05) is 72.8 Å². The maximum absolute atomic E-state index is 5.78. The fourth-order valence-electron chi connectivity index (χ4n) is 5.68. The van der Waals surface area contributed by atoms with Crippen LogP contribution in [0.1, 0.15) is 16.7 Å². The number of rotatable bonds is 0. The average Bonchev–Trinajstić information content (AvgIpc) is 3.70. The SMILES string of the molecule is Cc1ccc2oc3ccccc3c2c1.Cc1cccc2c1oc1ccccc12.Cc1cccc2oc3ccccc3c12. The summed E-state index contributed by atoms with van der Waals surface area (Å²) in [7, 11) is 0. The quantitative estimate of drug-likeness (QED) is 0.190. The van der Waals surface area contributed by atoms with Gasteiger partial charge in [-0.25, -0.2) is 0 Å². The van der Waals surface area contributed by atoms with Gasteiger partial charge in [-0.1, -0.05) is 96.6 Å². The van der Waals surface area contributed by atoms with Crippen molar-refractivity contribution in [1.29, 1.82) is 0 Å². The third kappa shape index (κ3) is 4.59. The predicted molar refractivity (Wildman–Crippen MR) is 175 cm³/mol. The number of benzene rings is 6. The molecule has 0 saturated carbocycles. The lowest BCUT2D eigenvalue weighted by Crippen LogP contribution is -1.72. The van der Waals surface area contributed by atoms with E-state index in [1.54, 1.807) is 0 Å². The highest BCUT2D eigenvalue weighted by Crippen LogP contribution is 2.32. The molecule has 3 nitrogen and oxygen atoms in total. The van der Waals surface area contributed by atoms with E-state index in [4.69, 9.17) is 13.3 Å². The summed E-state index contributed by atoms with van der Waals surface area (Å²) < 4.78 is 17.2. The standard InChI is InChI=1S/3C13H10O/c1-9-5-4-7-11-10-6-2-3-8-12(10)14-13(9)11;1-9-5-4-8-12-13(9)10-6-2-3-7-11(10)14-12;1-9-6-7-13-11(8-9)10-4-2-3-5-12(10)14-13/h3*2-8H,1H3. The first-order chi connectivity index (χ1) is 20.6. The number of furan rings is 3. The third-order valence-corrected chi connectivity index (χ3v) is 7.74. The van der Waals surface area contributed by atoms with E-state index in [2.05, 4.69) is 75.4 Å². The first kappa shape index (κ1) is 25.7. The number of hydrogen-bond acceptors (Lipinski definition) is 3. The van der Waals surface area contributed by atoms with E-state index >= 15 is 0 Å². The Labute approximate surface area is 243 Å². The summed E-state index contributed by atoms with van der Waals surface area (Å²) in [6.07, 6.45) is 0. The van der Waals surface area contributed by atoms with E-state index in [9.17, 15) is 0 Å². The Kier molecular flexibility index (Phi) is 6.48. The summed E-state index contributed by atoms with van der Waals surface area (Å²) in [5, 5.41) is 7.27. The lowest BCUT2D eigenvalue weighted by molar-refractivity contribution is 0.665. The molecule has 0 radical (unpaired) electrons. The molecule has 204 valence electrons. The Morgan fingerprint density at radius 2 is 0.857 bits per heavy atom. The van der Waals surface area contributed by atoms with Crippen molar-refractivity contribution in [2.45, 2.75) is 20.8 Å². The third-order valence-electron chi connectivity index (χ3n) is 7.74. The van der Waals surface area contributed by atoms with Crippen molar-refractivity contribution in [3.63, 3.8) is 0 Å². The molecule has 0 unspecified atom stereocenters. The van der Waals surface area contributed by atoms with Crippen LogP contribution in [0.25, 0.3) is 65.8 Å². The molecule has 0 saturated heterocycles. The molecule has 0 spiro atoms. The Morgan fingerprint density at radius 3 is 1.62 bits per heavy atom. The highest BCUT2D eigenvalue weighted by atomic mass is 16.3. The van der Waals surface area contributed by atoms with Crippen molar-refractivity contribution in [3.8, 4) is 0 Å². The van der Waals surface area contributed by atoms with Crippen LogP contribution in [0.15, 0.2) is 141 Å². The zero-order valence-corrected chi connectivity index (χ0v) is 23.8. The van der Waals surface area contributed by atoms with Crippen LogP contribution >= 0.6 is 0 Å². The van der Waals surface area contributed by atoms with Crippen molar-refractivity contribution in [1.82, 2.24) is 0 Å². The summed E-state index contributed by atoms with van der Waals surface area (Å²) in [5.74, 6) is 0. The fourth-order valence-corrected chi connectivity index (χ4v) is 5.68. The molecule has 3 heterocycles. The van der Waals surface area contributed by atoms with Gasteiger partial charge >= 0.3 is 0 Å². The van der Waals surface area contributed by atoms with Crippen molar-refractivity contribution < 1.29 is 13.3 Å². The zero-order valence-electron chi connectivity index (χ0n) is 23.8. The molecule has 9 aromatic rings. The largest absolute Gasteiger partial charge is 0.456 e. The monoisotopic (exact) mass is 546 g/mol. The van der Waals surface area contributed by atoms with Gasteiger partial charge in [-0.2, -0.15) is 0 Å². The molecule has 42 heavy (non-hydrogen) atoms. The maximum Gasteiger partial charge on any atom is 0.138 e. The van der Waals surface area contributed by atoms with Crippen LogP contribution in [0.3, 0.4) is 0 Å². The second-order valence-electron chi connectivity index (χ2n) is 10.7. The summed E-state index contributed by atoms with van der Waals surface area (Å²) in [5.41, 5.74) is 9.59. The van der Waals surface area contributed by atoms with Crippen molar-refractivity contribution in [2.24, 2.45) is 0 Å². The van der Waals surface area contributed by atoms with Gasteiger partial charge in [-0.3, -0.25) is 0 Å². The fraction of sp³-hybridized carbons (Fsp3) is 0.0769. The van der Waals surface area contributed by atoms with Crippen molar-refractivity contribution >= 4 is 65.8 Å². The van der Waals surface area contributed by atoms with Crippen LogP contribution in [-0.2, 0) is 0 Å². The van der Waals surface area contributed by atoms with E-state index in [-0.39, 0.29) is 0 Å². The first-order valence-corrected chi connectivity index (χ1v) is 14.2. The number of aryl methyl sites for hydroxylation is 3. The minimum Gasteiger partial charge on any atom is -0.456 e. The summed E-state index contributed by atoms with van der Waals surface area (Å²) >= 11 is 0. The Hall–Kier alpha value is -5.28. The Bertz CT molecular complexity index is 2330. The lowest BCUT2D eigenvalue weighted by atomic mass is 10.1. The van der Waals surface area contributed by atoms with Crippen LogP contribution in [0.5, 0.6) is 0 Å². The van der Waals surface area contributed by atoms with Gasteiger partial charge in [0.25, 0.3) is 0 Å². The molecule has 0 amide bonds. The predicted octanol–water partition coefficient (Wildman–Crippen LogP) is 11.7. The normalized spacial score (nSPS) is 11.2. The molecular weight excluding hydrogens is 516 g/mol. The molecule has 0 atom stereocenters. The maximum atomic E-state index is 5.78. The number of fused-ring (bicyclic) bond motifs is 9. The number of para-hydroxylation sites is 4. The Balaban J connectivity index is 0.000000103. The molecule has 0 aliphatic carbocycles. The molecule has 0 bridgehead atoms. The molecule has 3 heteroatoms. The topological polar surface area (TPSA) is 39.4 Å². The second-order valence-corrected chi connectivity index (χ2v) is 10.7. The molecule has 0 aliphatic rings. The van der Waals surface area contributed by atoms with Gasteiger partial charge in [-0.15, -0.1) is 0 Å². The zero-order chi connectivity index (χ0) is 28.6. The van der Waals surface area contributed by atoms with E-state index in [1.165, 1.54) is 49.0 Å². The molecule has 0 N–H and O–H groups in total. The molecule has 6 aromatic carbocycles. The minimum atomic E-state index is 0.966. The van der Waals surface area contributed by atoms with Crippen molar-refractivity contribution in [3.05, 3.63) is 144 Å². The summed E-state index contributed by atoms with van der Waals surface area (Å²) in [6.45, 7) is 6.29. The highest BCUT2D eigenvalue weighted by molar-refractivity contribution is 6.07. The van der Waals surface area contributed by atoms with Crippen LogP contribution in [0, 0.1) is 20.8 Å². The molecule has 3 aromatic heterocycles. The van der Waals surface area contributed by atoms with Gasteiger partial charge in [0.2, 0.25) is 0 Å².